The van der Waals surface area contributed by atoms with Crippen LogP contribution in [-0.2, 0) is 6.54 Å². The topological polar surface area (TPSA) is 38.2 Å². The molecule has 1 fully saturated rings. The number of ether oxygens (including phenoxy) is 1. The van der Waals surface area contributed by atoms with Gasteiger partial charge in [0.05, 0.1) is 19.0 Å². The van der Waals surface area contributed by atoms with E-state index in [0.29, 0.717) is 23.6 Å². The molecule has 3 rings (SSSR count). The van der Waals surface area contributed by atoms with Crippen molar-refractivity contribution in [3.63, 3.8) is 0 Å². The van der Waals surface area contributed by atoms with Crippen LogP contribution in [0.3, 0.4) is 0 Å². The molecule has 0 atom stereocenters. The van der Waals surface area contributed by atoms with Crippen LogP contribution in [0.5, 0.6) is 5.88 Å². The summed E-state index contributed by atoms with van der Waals surface area (Å²) in [6, 6.07) is 4.75. The Balaban J connectivity index is 1.45. The Kier molecular flexibility index (Phi) is 4.90. The van der Waals surface area contributed by atoms with Gasteiger partial charge in [-0.25, -0.2) is 4.39 Å². The zero-order valence-corrected chi connectivity index (χ0v) is 14.0. The quantitative estimate of drug-likeness (QED) is 0.788. The molecule has 0 aliphatic carbocycles. The Morgan fingerprint density at radius 1 is 1.36 bits per heavy atom. The molecule has 1 aliphatic heterocycles. The number of nitrogens with zero attached hydrogens (tertiary/aromatic N) is 3. The van der Waals surface area contributed by atoms with Crippen molar-refractivity contribution in [1.29, 1.82) is 0 Å². The van der Waals surface area contributed by atoms with Crippen LogP contribution in [0.2, 0.25) is 5.15 Å². The highest BCUT2D eigenvalue weighted by Crippen LogP contribution is 2.24. The van der Waals surface area contributed by atoms with Crippen LogP contribution in [0, 0.1) is 11.7 Å². The normalized spacial score (nSPS) is 15.6. The third kappa shape index (κ3) is 3.94. The van der Waals surface area contributed by atoms with Crippen molar-refractivity contribution in [3.8, 4) is 5.88 Å². The summed E-state index contributed by atoms with van der Waals surface area (Å²) in [7, 11) is 0. The first kappa shape index (κ1) is 15.6. The molecule has 0 amide bonds. The third-order valence-corrected chi connectivity index (χ3v) is 4.44. The van der Waals surface area contributed by atoms with Gasteiger partial charge in [-0.2, -0.15) is 4.98 Å². The summed E-state index contributed by atoms with van der Waals surface area (Å²) in [6.45, 7) is 3.13. The molecule has 2 heterocycles. The van der Waals surface area contributed by atoms with Gasteiger partial charge in [0.1, 0.15) is 5.82 Å². The van der Waals surface area contributed by atoms with Crippen molar-refractivity contribution in [2.45, 2.75) is 6.54 Å². The fourth-order valence-corrected chi connectivity index (χ4v) is 2.93. The summed E-state index contributed by atoms with van der Waals surface area (Å²) in [5, 5.41) is 0.323. The molecule has 0 spiro atoms. The first-order chi connectivity index (χ1) is 10.6. The second kappa shape index (κ2) is 6.89. The van der Waals surface area contributed by atoms with Gasteiger partial charge in [0, 0.05) is 30.0 Å². The number of halogens is 3. The Labute approximate surface area is 141 Å². The van der Waals surface area contributed by atoms with Gasteiger partial charge >= 0.3 is 0 Å². The van der Waals surface area contributed by atoms with Crippen molar-refractivity contribution in [3.05, 3.63) is 51.6 Å². The molecule has 1 saturated heterocycles. The summed E-state index contributed by atoms with van der Waals surface area (Å²) in [4.78, 5) is 10.2. The van der Waals surface area contributed by atoms with Gasteiger partial charge in [-0.3, -0.25) is 9.88 Å². The SMILES string of the molecule is Fc1ccc(Br)c(CN2CC(COc3cncc(Cl)n3)C2)c1. The van der Waals surface area contributed by atoms with E-state index in [2.05, 4.69) is 30.8 Å². The summed E-state index contributed by atoms with van der Waals surface area (Å²) in [5.74, 6) is 0.671. The maximum absolute atomic E-state index is 13.3. The lowest BCUT2D eigenvalue weighted by atomic mass is 10.0. The molecule has 1 aliphatic rings. The van der Waals surface area contributed by atoms with E-state index < -0.39 is 0 Å². The van der Waals surface area contributed by atoms with E-state index in [1.54, 1.807) is 18.3 Å². The Morgan fingerprint density at radius 2 is 2.18 bits per heavy atom. The van der Waals surface area contributed by atoms with Gasteiger partial charge in [-0.15, -0.1) is 0 Å². The molecular formula is C15H14BrClFN3O. The average molecular weight is 387 g/mol. The molecule has 22 heavy (non-hydrogen) atoms. The fourth-order valence-electron chi connectivity index (χ4n) is 2.42. The number of likely N-dealkylation sites (tertiary alicyclic amines) is 1. The van der Waals surface area contributed by atoms with Gasteiger partial charge < -0.3 is 4.74 Å². The summed E-state index contributed by atoms with van der Waals surface area (Å²) >= 11 is 9.20. The van der Waals surface area contributed by atoms with Crippen molar-refractivity contribution < 1.29 is 9.13 Å². The number of benzene rings is 1. The predicted molar refractivity (Wildman–Crippen MR) is 85.4 cm³/mol. The number of aromatic nitrogens is 2. The predicted octanol–water partition coefficient (Wildman–Crippen LogP) is 3.54. The minimum atomic E-state index is -0.210. The van der Waals surface area contributed by atoms with Crippen LogP contribution < -0.4 is 4.74 Å². The van der Waals surface area contributed by atoms with E-state index in [4.69, 9.17) is 16.3 Å². The average Bonchev–Trinajstić information content (AvgIpc) is 2.45. The van der Waals surface area contributed by atoms with Gasteiger partial charge in [0.15, 0.2) is 5.15 Å². The van der Waals surface area contributed by atoms with Crippen molar-refractivity contribution in [2.75, 3.05) is 19.7 Å². The zero-order valence-electron chi connectivity index (χ0n) is 11.7. The summed E-state index contributed by atoms with van der Waals surface area (Å²) in [5.41, 5.74) is 0.958. The molecule has 7 heteroatoms. The number of hydrogen-bond acceptors (Lipinski definition) is 4. The highest BCUT2D eigenvalue weighted by atomic mass is 79.9. The van der Waals surface area contributed by atoms with Gasteiger partial charge in [-0.1, -0.05) is 27.5 Å². The largest absolute Gasteiger partial charge is 0.476 e. The standard InChI is InChI=1S/C15H14BrClFN3O/c16-13-2-1-12(18)3-11(13)8-21-6-10(7-21)9-22-15-5-19-4-14(17)20-15/h1-5,10H,6-9H2. The van der Waals surface area contributed by atoms with Crippen molar-refractivity contribution in [2.24, 2.45) is 5.92 Å². The second-order valence-electron chi connectivity index (χ2n) is 5.29. The molecule has 1 aromatic carbocycles. The van der Waals surface area contributed by atoms with Crippen LogP contribution in [0.25, 0.3) is 0 Å². The lowest BCUT2D eigenvalue weighted by molar-refractivity contribution is 0.0540. The molecule has 0 saturated carbocycles. The van der Waals surface area contributed by atoms with Crippen LogP contribution in [0.15, 0.2) is 35.1 Å². The van der Waals surface area contributed by atoms with E-state index in [1.807, 2.05) is 0 Å². The summed E-state index contributed by atoms with van der Waals surface area (Å²) in [6.07, 6.45) is 3.02. The monoisotopic (exact) mass is 385 g/mol. The maximum atomic E-state index is 13.3. The molecule has 0 N–H and O–H groups in total. The van der Waals surface area contributed by atoms with Gasteiger partial charge in [-0.05, 0) is 23.8 Å². The second-order valence-corrected chi connectivity index (χ2v) is 6.53. The number of hydrogen-bond donors (Lipinski definition) is 0. The van der Waals surface area contributed by atoms with E-state index >= 15 is 0 Å². The molecule has 1 aromatic heterocycles. The fraction of sp³-hybridized carbons (Fsp3) is 0.333. The van der Waals surface area contributed by atoms with Crippen LogP contribution in [-0.4, -0.2) is 34.6 Å². The van der Waals surface area contributed by atoms with Crippen LogP contribution in [0.1, 0.15) is 5.56 Å². The first-order valence-corrected chi connectivity index (χ1v) is 8.04. The molecule has 4 nitrogen and oxygen atoms in total. The zero-order chi connectivity index (χ0) is 15.5. The van der Waals surface area contributed by atoms with E-state index in [1.165, 1.54) is 12.3 Å². The molecule has 0 radical (unpaired) electrons. The molecule has 0 bridgehead atoms. The van der Waals surface area contributed by atoms with Crippen molar-refractivity contribution in [1.82, 2.24) is 14.9 Å². The highest BCUT2D eigenvalue weighted by molar-refractivity contribution is 9.10. The molecule has 0 unspecified atom stereocenters. The highest BCUT2D eigenvalue weighted by Gasteiger charge is 2.27. The number of rotatable bonds is 5. The smallest absolute Gasteiger partial charge is 0.233 e. The van der Waals surface area contributed by atoms with Crippen LogP contribution in [0.4, 0.5) is 4.39 Å². The molecule has 116 valence electrons. The van der Waals surface area contributed by atoms with Gasteiger partial charge in [0.25, 0.3) is 0 Å². The van der Waals surface area contributed by atoms with Gasteiger partial charge in [0.2, 0.25) is 5.88 Å². The Hall–Kier alpha value is -1.24. The van der Waals surface area contributed by atoms with E-state index in [0.717, 1.165) is 29.7 Å². The minimum Gasteiger partial charge on any atom is -0.476 e. The lowest BCUT2D eigenvalue weighted by Gasteiger charge is -2.39. The first-order valence-electron chi connectivity index (χ1n) is 6.87. The minimum absolute atomic E-state index is 0.210. The molecular weight excluding hydrogens is 373 g/mol. The van der Waals surface area contributed by atoms with E-state index in [9.17, 15) is 4.39 Å². The van der Waals surface area contributed by atoms with E-state index in [-0.39, 0.29) is 5.82 Å². The summed E-state index contributed by atoms with van der Waals surface area (Å²) < 4.78 is 19.8. The Bertz CT molecular complexity index is 667. The lowest BCUT2D eigenvalue weighted by Crippen LogP contribution is -2.48. The van der Waals surface area contributed by atoms with Crippen LogP contribution >= 0.6 is 27.5 Å². The maximum Gasteiger partial charge on any atom is 0.233 e. The molecule has 2 aromatic rings. The van der Waals surface area contributed by atoms with Crippen molar-refractivity contribution >= 4 is 27.5 Å². The Morgan fingerprint density at radius 3 is 2.95 bits per heavy atom. The third-order valence-electron chi connectivity index (χ3n) is 3.48.